The monoisotopic (exact) mass is 368 g/mol. The summed E-state index contributed by atoms with van der Waals surface area (Å²) in [5.41, 5.74) is -0.277. The third kappa shape index (κ3) is 4.09. The standard InChI is InChI=1S/C15H16N2O7S/c1-3-24-11-8-10(17(21)22)6-9(13(11)18)7-12-14(19)16(4-5-23-2)15(20)25-12/h6-8,18H,3-5H2,1-2H3/b12-7+. The summed E-state index contributed by atoms with van der Waals surface area (Å²) in [5, 5.41) is 20.8. The molecule has 2 rings (SSSR count). The largest absolute Gasteiger partial charge is 0.504 e. The minimum atomic E-state index is -0.635. The lowest BCUT2D eigenvalue weighted by Gasteiger charge is -2.11. The quantitative estimate of drug-likeness (QED) is 0.442. The molecule has 0 saturated carbocycles. The van der Waals surface area contributed by atoms with Crippen molar-refractivity contribution in [2.75, 3.05) is 26.9 Å². The summed E-state index contributed by atoms with van der Waals surface area (Å²) in [4.78, 5) is 35.7. The highest BCUT2D eigenvalue weighted by Crippen LogP contribution is 2.39. The number of nitrogens with zero attached hydrogens (tertiary/aromatic N) is 2. The minimum absolute atomic E-state index is 0.0230. The van der Waals surface area contributed by atoms with Crippen molar-refractivity contribution in [1.82, 2.24) is 4.90 Å². The first kappa shape index (κ1) is 18.7. The number of benzene rings is 1. The molecule has 10 heteroatoms. The molecule has 1 aliphatic heterocycles. The van der Waals surface area contributed by atoms with Crippen LogP contribution in [0.2, 0.25) is 0 Å². The van der Waals surface area contributed by atoms with Crippen LogP contribution in [0.25, 0.3) is 6.08 Å². The fourth-order valence-electron chi connectivity index (χ4n) is 2.11. The third-order valence-corrected chi connectivity index (χ3v) is 4.19. The number of nitro groups is 1. The van der Waals surface area contributed by atoms with Crippen LogP contribution in [0.15, 0.2) is 17.0 Å². The van der Waals surface area contributed by atoms with Crippen LogP contribution in [-0.2, 0) is 9.53 Å². The molecule has 25 heavy (non-hydrogen) atoms. The average Bonchev–Trinajstić information content (AvgIpc) is 2.83. The van der Waals surface area contributed by atoms with Gasteiger partial charge in [0.15, 0.2) is 11.5 Å². The van der Waals surface area contributed by atoms with E-state index in [2.05, 4.69) is 0 Å². The molecule has 2 amide bonds. The van der Waals surface area contributed by atoms with E-state index in [1.54, 1.807) is 6.92 Å². The van der Waals surface area contributed by atoms with Crippen molar-refractivity contribution in [1.29, 1.82) is 0 Å². The second-order valence-electron chi connectivity index (χ2n) is 4.90. The molecule has 0 atom stereocenters. The highest BCUT2D eigenvalue weighted by atomic mass is 32.2. The molecule has 1 aliphatic rings. The van der Waals surface area contributed by atoms with Crippen molar-refractivity contribution in [3.63, 3.8) is 0 Å². The van der Waals surface area contributed by atoms with Crippen molar-refractivity contribution in [3.05, 3.63) is 32.7 Å². The summed E-state index contributed by atoms with van der Waals surface area (Å²) in [5.74, 6) is -0.950. The van der Waals surface area contributed by atoms with Crippen LogP contribution in [-0.4, -0.2) is 52.9 Å². The maximum absolute atomic E-state index is 12.3. The zero-order chi connectivity index (χ0) is 18.6. The van der Waals surface area contributed by atoms with Crippen molar-refractivity contribution < 1.29 is 29.1 Å². The van der Waals surface area contributed by atoms with Gasteiger partial charge >= 0.3 is 0 Å². The number of rotatable bonds is 7. The molecule has 0 unspecified atom stereocenters. The molecular weight excluding hydrogens is 352 g/mol. The highest BCUT2D eigenvalue weighted by molar-refractivity contribution is 8.18. The Morgan fingerprint density at radius 1 is 1.40 bits per heavy atom. The zero-order valence-corrected chi connectivity index (χ0v) is 14.4. The van der Waals surface area contributed by atoms with E-state index in [4.69, 9.17) is 9.47 Å². The van der Waals surface area contributed by atoms with Gasteiger partial charge in [-0.1, -0.05) is 0 Å². The second kappa shape index (κ2) is 7.99. The van der Waals surface area contributed by atoms with Crippen molar-refractivity contribution in [2.45, 2.75) is 6.92 Å². The van der Waals surface area contributed by atoms with Crippen LogP contribution in [0.5, 0.6) is 11.5 Å². The van der Waals surface area contributed by atoms with E-state index in [9.17, 15) is 24.8 Å². The molecular formula is C15H16N2O7S. The summed E-state index contributed by atoms with van der Waals surface area (Å²) >= 11 is 0.690. The summed E-state index contributed by atoms with van der Waals surface area (Å²) in [7, 11) is 1.45. The number of nitro benzene ring substituents is 1. The number of carbonyl (C=O) groups excluding carboxylic acids is 2. The van der Waals surface area contributed by atoms with Gasteiger partial charge in [0, 0.05) is 18.7 Å². The molecule has 0 bridgehead atoms. The first-order chi connectivity index (χ1) is 11.9. The second-order valence-corrected chi connectivity index (χ2v) is 5.89. The van der Waals surface area contributed by atoms with Gasteiger partial charge in [-0.15, -0.1) is 0 Å². The number of imide groups is 1. The highest BCUT2D eigenvalue weighted by Gasteiger charge is 2.35. The number of phenols is 1. The normalized spacial score (nSPS) is 15.9. The van der Waals surface area contributed by atoms with Crippen molar-refractivity contribution in [3.8, 4) is 11.5 Å². The van der Waals surface area contributed by atoms with E-state index in [0.29, 0.717) is 11.8 Å². The Morgan fingerprint density at radius 2 is 2.12 bits per heavy atom. The Bertz CT molecular complexity index is 748. The Balaban J connectivity index is 2.41. The summed E-state index contributed by atoms with van der Waals surface area (Å²) in [6.07, 6.45) is 1.24. The maximum atomic E-state index is 12.3. The number of ether oxygens (including phenoxy) is 2. The van der Waals surface area contributed by atoms with Gasteiger partial charge in [-0.3, -0.25) is 24.6 Å². The first-order valence-corrected chi connectivity index (χ1v) is 8.09. The van der Waals surface area contributed by atoms with Crippen LogP contribution >= 0.6 is 11.8 Å². The van der Waals surface area contributed by atoms with Crippen molar-refractivity contribution >= 4 is 34.7 Å². The van der Waals surface area contributed by atoms with Crippen LogP contribution < -0.4 is 4.74 Å². The van der Waals surface area contributed by atoms with Gasteiger partial charge in [-0.05, 0) is 24.8 Å². The van der Waals surface area contributed by atoms with Gasteiger partial charge in [-0.2, -0.15) is 0 Å². The van der Waals surface area contributed by atoms with E-state index < -0.39 is 16.1 Å². The number of hydrogen-bond acceptors (Lipinski definition) is 8. The van der Waals surface area contributed by atoms with Gasteiger partial charge in [0.1, 0.15) is 0 Å². The molecule has 1 aromatic rings. The fourth-order valence-corrected chi connectivity index (χ4v) is 2.97. The van der Waals surface area contributed by atoms with Gasteiger partial charge in [0.2, 0.25) is 0 Å². The number of amides is 2. The Morgan fingerprint density at radius 3 is 2.72 bits per heavy atom. The molecule has 1 saturated heterocycles. The van der Waals surface area contributed by atoms with E-state index in [-0.39, 0.29) is 47.4 Å². The molecule has 1 aromatic carbocycles. The maximum Gasteiger partial charge on any atom is 0.293 e. The SMILES string of the molecule is CCOc1cc([N+](=O)[O-])cc(/C=C2/SC(=O)N(CCOC)C2=O)c1O. The molecule has 9 nitrogen and oxygen atoms in total. The summed E-state index contributed by atoms with van der Waals surface area (Å²) < 4.78 is 10.0. The molecule has 1 heterocycles. The minimum Gasteiger partial charge on any atom is -0.504 e. The van der Waals surface area contributed by atoms with E-state index >= 15 is 0 Å². The first-order valence-electron chi connectivity index (χ1n) is 7.27. The zero-order valence-electron chi connectivity index (χ0n) is 13.6. The van der Waals surface area contributed by atoms with Crippen LogP contribution in [0.4, 0.5) is 10.5 Å². The van der Waals surface area contributed by atoms with Crippen molar-refractivity contribution in [2.24, 2.45) is 0 Å². The molecule has 0 spiro atoms. The Labute approximate surface area is 147 Å². The number of phenolic OH excluding ortho intramolecular Hbond substituents is 1. The Kier molecular flexibility index (Phi) is 5.99. The van der Waals surface area contributed by atoms with Gasteiger partial charge in [0.05, 0.1) is 35.7 Å². The van der Waals surface area contributed by atoms with Crippen LogP contribution in [0.3, 0.4) is 0 Å². The lowest BCUT2D eigenvalue weighted by atomic mass is 10.1. The van der Waals surface area contributed by atoms with Crippen LogP contribution in [0, 0.1) is 10.1 Å². The molecule has 1 fully saturated rings. The third-order valence-electron chi connectivity index (χ3n) is 3.28. The summed E-state index contributed by atoms with van der Waals surface area (Å²) in [6, 6.07) is 2.21. The average molecular weight is 368 g/mol. The number of hydrogen-bond donors (Lipinski definition) is 1. The van der Waals surface area contributed by atoms with Gasteiger partial charge in [0.25, 0.3) is 16.8 Å². The van der Waals surface area contributed by atoms with E-state index in [0.717, 1.165) is 17.0 Å². The Hall–Kier alpha value is -2.59. The van der Waals surface area contributed by atoms with E-state index in [1.807, 2.05) is 0 Å². The molecule has 0 aromatic heterocycles. The molecule has 1 N–H and O–H groups in total. The molecule has 0 radical (unpaired) electrons. The molecule has 134 valence electrons. The number of carbonyl (C=O) groups is 2. The fraction of sp³-hybridized carbons (Fsp3) is 0.333. The van der Waals surface area contributed by atoms with Crippen LogP contribution in [0.1, 0.15) is 12.5 Å². The van der Waals surface area contributed by atoms with E-state index in [1.165, 1.54) is 13.2 Å². The predicted octanol–water partition coefficient (Wildman–Crippen LogP) is 2.38. The topological polar surface area (TPSA) is 119 Å². The number of methoxy groups -OCH3 is 1. The smallest absolute Gasteiger partial charge is 0.293 e. The lowest BCUT2D eigenvalue weighted by Crippen LogP contribution is -2.31. The van der Waals surface area contributed by atoms with Gasteiger partial charge in [-0.25, -0.2) is 0 Å². The lowest BCUT2D eigenvalue weighted by molar-refractivity contribution is -0.385. The summed E-state index contributed by atoms with van der Waals surface area (Å²) in [6.45, 7) is 2.16. The van der Waals surface area contributed by atoms with Gasteiger partial charge < -0.3 is 14.6 Å². The number of thioether (sulfide) groups is 1. The predicted molar refractivity (Wildman–Crippen MR) is 90.5 cm³/mol. The number of non-ortho nitro benzene ring substituents is 1. The molecule has 0 aliphatic carbocycles. The number of aromatic hydroxyl groups is 1.